The molecule has 1 aliphatic rings. The minimum absolute atomic E-state index is 0.739. The molecule has 0 saturated heterocycles. The Hall–Kier alpha value is 0. The van der Waals surface area contributed by atoms with Crippen molar-refractivity contribution >= 4 is 0 Å². The molecule has 0 aromatic carbocycles. The Balaban J connectivity index is 2.21. The van der Waals surface area contributed by atoms with E-state index in [4.69, 9.17) is 0 Å². The highest BCUT2D eigenvalue weighted by Crippen LogP contribution is 2.60. The van der Waals surface area contributed by atoms with Crippen LogP contribution in [-0.4, -0.2) is 0 Å². The van der Waals surface area contributed by atoms with Gasteiger partial charge in [-0.1, -0.05) is 59.8 Å². The van der Waals surface area contributed by atoms with E-state index in [1.165, 1.54) is 44.9 Å². The summed E-state index contributed by atoms with van der Waals surface area (Å²) in [5.74, 6) is 2.04. The predicted molar refractivity (Wildman–Crippen MR) is 64.4 cm³/mol. The Labute approximate surface area is 90.5 Å². The van der Waals surface area contributed by atoms with Crippen molar-refractivity contribution in [3.05, 3.63) is 0 Å². The van der Waals surface area contributed by atoms with E-state index in [1.807, 2.05) is 0 Å². The fourth-order valence-electron chi connectivity index (χ4n) is 2.93. The first-order chi connectivity index (χ1) is 6.64. The first-order valence-electron chi connectivity index (χ1n) is 6.64. The Kier molecular flexibility index (Phi) is 4.47. The molecule has 0 bridgehead atoms. The number of unbranched alkanes of at least 4 members (excludes halogenated alkanes) is 2. The van der Waals surface area contributed by atoms with Gasteiger partial charge in [-0.05, 0) is 30.1 Å². The van der Waals surface area contributed by atoms with E-state index in [-0.39, 0.29) is 0 Å². The molecule has 0 aromatic heterocycles. The highest BCUT2D eigenvalue weighted by atomic mass is 14.6. The van der Waals surface area contributed by atoms with Gasteiger partial charge in [-0.2, -0.15) is 0 Å². The van der Waals surface area contributed by atoms with Gasteiger partial charge < -0.3 is 0 Å². The van der Waals surface area contributed by atoms with Crippen LogP contribution < -0.4 is 0 Å². The molecule has 1 saturated carbocycles. The molecule has 1 aliphatic carbocycles. The molecule has 84 valence electrons. The van der Waals surface area contributed by atoms with Crippen molar-refractivity contribution in [2.75, 3.05) is 0 Å². The van der Waals surface area contributed by atoms with Gasteiger partial charge in [0.1, 0.15) is 0 Å². The second-order valence-corrected chi connectivity index (χ2v) is 5.69. The largest absolute Gasteiger partial charge is 0.0654 e. The van der Waals surface area contributed by atoms with Gasteiger partial charge in [0.2, 0.25) is 0 Å². The number of hydrogen-bond acceptors (Lipinski definition) is 0. The molecule has 14 heavy (non-hydrogen) atoms. The van der Waals surface area contributed by atoms with Gasteiger partial charge in [-0.3, -0.25) is 0 Å². The van der Waals surface area contributed by atoms with E-state index in [2.05, 4.69) is 27.7 Å². The average molecular weight is 196 g/mol. The fraction of sp³-hybridized carbons (Fsp3) is 1.00. The van der Waals surface area contributed by atoms with Crippen molar-refractivity contribution in [2.45, 2.75) is 72.6 Å². The molecule has 3 atom stereocenters. The molecule has 3 unspecified atom stereocenters. The van der Waals surface area contributed by atoms with Crippen LogP contribution in [0.1, 0.15) is 72.6 Å². The first kappa shape index (κ1) is 12.1. The van der Waals surface area contributed by atoms with Crippen molar-refractivity contribution in [3.63, 3.8) is 0 Å². The average Bonchev–Trinajstić information content (AvgIpc) is 2.85. The zero-order chi connectivity index (χ0) is 10.6. The van der Waals surface area contributed by atoms with Crippen LogP contribution in [0, 0.1) is 17.3 Å². The van der Waals surface area contributed by atoms with Crippen LogP contribution in [0.5, 0.6) is 0 Å². The third-order valence-electron chi connectivity index (χ3n) is 4.22. The van der Waals surface area contributed by atoms with Gasteiger partial charge in [0.05, 0.1) is 0 Å². The summed E-state index contributed by atoms with van der Waals surface area (Å²) in [4.78, 5) is 0. The Morgan fingerprint density at radius 3 is 2.43 bits per heavy atom. The van der Waals surface area contributed by atoms with Crippen molar-refractivity contribution < 1.29 is 0 Å². The summed E-state index contributed by atoms with van der Waals surface area (Å²) < 4.78 is 0. The smallest absolute Gasteiger partial charge is 0.0292 e. The van der Waals surface area contributed by atoms with Gasteiger partial charge in [0.25, 0.3) is 0 Å². The normalized spacial score (nSPS) is 33.0. The van der Waals surface area contributed by atoms with Crippen molar-refractivity contribution in [2.24, 2.45) is 17.3 Å². The maximum absolute atomic E-state index is 2.51. The lowest BCUT2D eigenvalue weighted by Crippen LogP contribution is -2.06. The summed E-state index contributed by atoms with van der Waals surface area (Å²) in [6, 6.07) is 0. The molecule has 0 N–H and O–H groups in total. The number of hydrogen-bond donors (Lipinski definition) is 0. The third-order valence-corrected chi connectivity index (χ3v) is 4.22. The predicted octanol–water partition coefficient (Wildman–Crippen LogP) is 5.03. The van der Waals surface area contributed by atoms with E-state index in [1.54, 1.807) is 0 Å². The molecule has 0 aromatic rings. The molecular formula is C14H28. The van der Waals surface area contributed by atoms with Crippen LogP contribution in [0.4, 0.5) is 0 Å². The van der Waals surface area contributed by atoms with E-state index >= 15 is 0 Å². The van der Waals surface area contributed by atoms with Crippen LogP contribution >= 0.6 is 0 Å². The molecular weight excluding hydrogens is 168 g/mol. The highest BCUT2D eigenvalue weighted by molar-refractivity contribution is 5.00. The minimum atomic E-state index is 0.739. The Morgan fingerprint density at radius 2 is 1.86 bits per heavy atom. The highest BCUT2D eigenvalue weighted by Gasteiger charge is 2.50. The van der Waals surface area contributed by atoms with Crippen LogP contribution in [0.25, 0.3) is 0 Å². The Morgan fingerprint density at radius 1 is 1.21 bits per heavy atom. The SMILES string of the molecule is CCCCC(C)C1CC1(C)CCCC. The quantitative estimate of drug-likeness (QED) is 0.536. The second kappa shape index (κ2) is 5.19. The van der Waals surface area contributed by atoms with Crippen molar-refractivity contribution in [3.8, 4) is 0 Å². The van der Waals surface area contributed by atoms with Crippen molar-refractivity contribution in [1.29, 1.82) is 0 Å². The minimum Gasteiger partial charge on any atom is -0.0654 e. The monoisotopic (exact) mass is 196 g/mol. The molecule has 0 heteroatoms. The first-order valence-corrected chi connectivity index (χ1v) is 6.64. The standard InChI is InChI=1S/C14H28/c1-5-7-9-12(3)13-11-14(13,4)10-8-6-2/h12-13H,5-11H2,1-4H3. The molecule has 1 rings (SSSR count). The van der Waals surface area contributed by atoms with Crippen LogP contribution in [-0.2, 0) is 0 Å². The van der Waals surface area contributed by atoms with E-state index in [9.17, 15) is 0 Å². The maximum atomic E-state index is 2.51. The van der Waals surface area contributed by atoms with Gasteiger partial charge >= 0.3 is 0 Å². The molecule has 0 aliphatic heterocycles. The Bertz CT molecular complexity index is 161. The van der Waals surface area contributed by atoms with E-state index < -0.39 is 0 Å². The maximum Gasteiger partial charge on any atom is -0.0292 e. The fourth-order valence-corrected chi connectivity index (χ4v) is 2.93. The zero-order valence-corrected chi connectivity index (χ0v) is 10.6. The molecule has 1 fully saturated rings. The third kappa shape index (κ3) is 3.00. The summed E-state index contributed by atoms with van der Waals surface area (Å²) in [6.07, 6.45) is 10.1. The molecule has 0 heterocycles. The molecule has 0 amide bonds. The topological polar surface area (TPSA) is 0 Å². The van der Waals surface area contributed by atoms with Gasteiger partial charge in [-0.15, -0.1) is 0 Å². The lowest BCUT2D eigenvalue weighted by Gasteiger charge is -2.15. The van der Waals surface area contributed by atoms with Gasteiger partial charge in [0.15, 0.2) is 0 Å². The number of rotatable bonds is 7. The van der Waals surface area contributed by atoms with Gasteiger partial charge in [0, 0.05) is 0 Å². The van der Waals surface area contributed by atoms with Crippen LogP contribution in [0.3, 0.4) is 0 Å². The lowest BCUT2D eigenvalue weighted by molar-refractivity contribution is 0.350. The molecule has 0 spiro atoms. The van der Waals surface area contributed by atoms with Crippen molar-refractivity contribution in [1.82, 2.24) is 0 Å². The summed E-state index contributed by atoms with van der Waals surface area (Å²) in [7, 11) is 0. The summed E-state index contributed by atoms with van der Waals surface area (Å²) in [5, 5.41) is 0. The zero-order valence-electron chi connectivity index (χ0n) is 10.6. The second-order valence-electron chi connectivity index (χ2n) is 5.69. The molecule has 0 nitrogen and oxygen atoms in total. The van der Waals surface area contributed by atoms with E-state index in [0.717, 1.165) is 17.3 Å². The summed E-state index contributed by atoms with van der Waals surface area (Å²) in [5.41, 5.74) is 0.739. The van der Waals surface area contributed by atoms with Crippen LogP contribution in [0.15, 0.2) is 0 Å². The van der Waals surface area contributed by atoms with Gasteiger partial charge in [-0.25, -0.2) is 0 Å². The lowest BCUT2D eigenvalue weighted by atomic mass is 9.90. The van der Waals surface area contributed by atoms with E-state index in [0.29, 0.717) is 0 Å². The summed E-state index contributed by atoms with van der Waals surface area (Å²) >= 11 is 0. The molecule has 0 radical (unpaired) electrons. The summed E-state index contributed by atoms with van der Waals surface area (Å²) in [6.45, 7) is 9.59. The van der Waals surface area contributed by atoms with Crippen LogP contribution in [0.2, 0.25) is 0 Å².